The average molecular weight is 426 g/mol. The molecule has 1 fully saturated rings. The highest BCUT2D eigenvalue weighted by molar-refractivity contribution is 6.34. The van der Waals surface area contributed by atoms with Gasteiger partial charge in [0.25, 0.3) is 11.6 Å². The van der Waals surface area contributed by atoms with Crippen molar-refractivity contribution in [2.75, 3.05) is 25.0 Å². The first-order valence-electron chi connectivity index (χ1n) is 9.19. The van der Waals surface area contributed by atoms with Crippen molar-refractivity contribution in [1.82, 2.24) is 4.90 Å². The smallest absolute Gasteiger partial charge is 0.309 e. The Labute approximate surface area is 173 Å². The molecule has 9 nitrogen and oxygen atoms in total. The van der Waals surface area contributed by atoms with Crippen molar-refractivity contribution in [3.8, 4) is 0 Å². The lowest BCUT2D eigenvalue weighted by Crippen LogP contribution is -2.45. The van der Waals surface area contributed by atoms with Crippen LogP contribution in [0.15, 0.2) is 18.2 Å². The molecule has 1 saturated heterocycles. The van der Waals surface area contributed by atoms with E-state index in [0.717, 1.165) is 6.07 Å². The third-order valence-corrected chi connectivity index (χ3v) is 4.85. The normalized spacial score (nSPS) is 15.0. The number of likely N-dealkylation sites (tertiary alicyclic amines) is 1. The standard InChI is InChI=1S/C19H24ClN3O6/c1-19(2,3)18(26)22-8-6-12(7-9-22)17(25)29-11-16(24)21-15-5-4-13(23(27)28)10-14(15)20/h4-5,10,12H,6-9,11H2,1-3H3,(H,21,24). The fraction of sp³-hybridized carbons (Fsp3) is 0.526. The van der Waals surface area contributed by atoms with E-state index in [-0.39, 0.29) is 28.2 Å². The van der Waals surface area contributed by atoms with Crippen LogP contribution in [0.3, 0.4) is 0 Å². The second kappa shape index (κ2) is 9.21. The van der Waals surface area contributed by atoms with Crippen LogP contribution in [0.1, 0.15) is 33.6 Å². The Morgan fingerprint density at radius 3 is 2.41 bits per heavy atom. The van der Waals surface area contributed by atoms with E-state index >= 15 is 0 Å². The molecule has 0 spiro atoms. The zero-order chi connectivity index (χ0) is 21.8. The summed E-state index contributed by atoms with van der Waals surface area (Å²) < 4.78 is 5.07. The van der Waals surface area contributed by atoms with Crippen molar-refractivity contribution in [1.29, 1.82) is 0 Å². The first-order chi connectivity index (χ1) is 13.5. The minimum atomic E-state index is -0.602. The van der Waals surface area contributed by atoms with Crippen LogP contribution in [0.4, 0.5) is 11.4 Å². The molecule has 1 aromatic carbocycles. The molecule has 0 unspecified atom stereocenters. The molecule has 0 aromatic heterocycles. The highest BCUT2D eigenvalue weighted by Gasteiger charge is 2.33. The number of nitrogens with zero attached hydrogens (tertiary/aromatic N) is 2. The minimum Gasteiger partial charge on any atom is -0.455 e. The zero-order valence-electron chi connectivity index (χ0n) is 16.6. The van der Waals surface area contributed by atoms with Gasteiger partial charge in [0.05, 0.1) is 21.6 Å². The molecule has 29 heavy (non-hydrogen) atoms. The first-order valence-corrected chi connectivity index (χ1v) is 9.56. The predicted molar refractivity (Wildman–Crippen MR) is 106 cm³/mol. The highest BCUT2D eigenvalue weighted by atomic mass is 35.5. The number of halogens is 1. The second-order valence-electron chi connectivity index (χ2n) is 7.89. The molecule has 10 heteroatoms. The summed E-state index contributed by atoms with van der Waals surface area (Å²) in [6, 6.07) is 3.64. The van der Waals surface area contributed by atoms with Crippen LogP contribution in [0.5, 0.6) is 0 Å². The molecule has 0 radical (unpaired) electrons. The van der Waals surface area contributed by atoms with Crippen LogP contribution >= 0.6 is 11.6 Å². The third-order valence-electron chi connectivity index (χ3n) is 4.54. The maximum Gasteiger partial charge on any atom is 0.309 e. The van der Waals surface area contributed by atoms with E-state index in [1.807, 2.05) is 20.8 Å². The molecule has 2 rings (SSSR count). The predicted octanol–water partition coefficient (Wildman–Crippen LogP) is 3.01. The number of rotatable bonds is 5. The van der Waals surface area contributed by atoms with Gasteiger partial charge in [-0.05, 0) is 18.9 Å². The summed E-state index contributed by atoms with van der Waals surface area (Å²) in [6.07, 6.45) is 0.965. The summed E-state index contributed by atoms with van der Waals surface area (Å²) >= 11 is 5.91. The highest BCUT2D eigenvalue weighted by Crippen LogP contribution is 2.27. The van der Waals surface area contributed by atoms with Gasteiger partial charge in [-0.15, -0.1) is 0 Å². The lowest BCUT2D eigenvalue weighted by Gasteiger charge is -2.34. The molecule has 0 aliphatic carbocycles. The van der Waals surface area contributed by atoms with Gasteiger partial charge in [0.15, 0.2) is 6.61 Å². The fourth-order valence-electron chi connectivity index (χ4n) is 2.95. The van der Waals surface area contributed by atoms with E-state index < -0.39 is 28.8 Å². The number of carbonyl (C=O) groups is 3. The number of non-ortho nitro benzene ring substituents is 1. The summed E-state index contributed by atoms with van der Waals surface area (Å²) in [4.78, 5) is 48.3. The van der Waals surface area contributed by atoms with Crippen molar-refractivity contribution in [3.05, 3.63) is 33.3 Å². The van der Waals surface area contributed by atoms with Crippen molar-refractivity contribution in [3.63, 3.8) is 0 Å². The Kier molecular flexibility index (Phi) is 7.18. The summed E-state index contributed by atoms with van der Waals surface area (Å²) in [5.41, 5.74) is -0.479. The molecule has 1 N–H and O–H groups in total. The summed E-state index contributed by atoms with van der Waals surface area (Å²) in [7, 11) is 0. The molecule has 0 saturated carbocycles. The van der Waals surface area contributed by atoms with E-state index in [4.69, 9.17) is 16.3 Å². The van der Waals surface area contributed by atoms with Gasteiger partial charge in [-0.1, -0.05) is 32.4 Å². The Morgan fingerprint density at radius 1 is 1.28 bits per heavy atom. The van der Waals surface area contributed by atoms with Crippen molar-refractivity contribution in [2.45, 2.75) is 33.6 Å². The number of nitro benzene ring substituents is 1. The molecule has 2 amide bonds. The molecule has 158 valence electrons. The maximum absolute atomic E-state index is 12.3. The molecule has 1 aliphatic rings. The number of ether oxygens (including phenoxy) is 1. The van der Waals surface area contributed by atoms with Gasteiger partial charge in [0.1, 0.15) is 0 Å². The summed E-state index contributed by atoms with van der Waals surface area (Å²) in [6.45, 7) is 6.01. The van der Waals surface area contributed by atoms with Gasteiger partial charge in [0.2, 0.25) is 5.91 Å². The summed E-state index contributed by atoms with van der Waals surface area (Å²) in [5.74, 6) is -1.41. The SMILES string of the molecule is CC(C)(C)C(=O)N1CCC(C(=O)OCC(=O)Nc2ccc([N+](=O)[O-])cc2Cl)CC1. The van der Waals surface area contributed by atoms with Crippen LogP contribution in [-0.4, -0.2) is 47.3 Å². The molecular formula is C19H24ClN3O6. The quantitative estimate of drug-likeness (QED) is 0.440. The van der Waals surface area contributed by atoms with E-state index in [9.17, 15) is 24.5 Å². The molecule has 1 aliphatic heterocycles. The molecule has 0 bridgehead atoms. The lowest BCUT2D eigenvalue weighted by molar-refractivity contribution is -0.384. The van der Waals surface area contributed by atoms with Crippen LogP contribution < -0.4 is 5.32 Å². The Morgan fingerprint density at radius 2 is 1.90 bits per heavy atom. The largest absolute Gasteiger partial charge is 0.455 e. The van der Waals surface area contributed by atoms with Crippen molar-refractivity contribution >= 4 is 40.8 Å². The maximum atomic E-state index is 12.3. The number of nitro groups is 1. The van der Waals surface area contributed by atoms with E-state index in [2.05, 4.69) is 5.32 Å². The molecular weight excluding hydrogens is 402 g/mol. The molecule has 0 atom stereocenters. The number of piperidine rings is 1. The number of nitrogens with one attached hydrogen (secondary N) is 1. The number of esters is 1. The Hall–Kier alpha value is -2.68. The van der Waals surface area contributed by atoms with Gasteiger partial charge in [-0.2, -0.15) is 0 Å². The Balaban J connectivity index is 1.80. The minimum absolute atomic E-state index is 0.00904. The number of hydrogen-bond acceptors (Lipinski definition) is 6. The molecule has 1 heterocycles. The third kappa shape index (κ3) is 6.15. The van der Waals surface area contributed by atoms with Gasteiger partial charge >= 0.3 is 5.97 Å². The van der Waals surface area contributed by atoms with Gasteiger partial charge in [-0.3, -0.25) is 24.5 Å². The van der Waals surface area contributed by atoms with Gasteiger partial charge in [-0.25, -0.2) is 0 Å². The van der Waals surface area contributed by atoms with Crippen LogP contribution in [0.25, 0.3) is 0 Å². The average Bonchev–Trinajstić information content (AvgIpc) is 2.66. The number of amides is 2. The van der Waals surface area contributed by atoms with Gasteiger partial charge < -0.3 is 15.0 Å². The van der Waals surface area contributed by atoms with Gasteiger partial charge in [0, 0.05) is 30.6 Å². The van der Waals surface area contributed by atoms with Crippen LogP contribution in [0.2, 0.25) is 5.02 Å². The monoisotopic (exact) mass is 425 g/mol. The fourth-order valence-corrected chi connectivity index (χ4v) is 3.17. The van der Waals surface area contributed by atoms with E-state index in [1.165, 1.54) is 12.1 Å². The van der Waals surface area contributed by atoms with Crippen LogP contribution in [0, 0.1) is 21.4 Å². The lowest BCUT2D eigenvalue weighted by atomic mass is 9.91. The van der Waals surface area contributed by atoms with E-state index in [0.29, 0.717) is 25.9 Å². The number of benzene rings is 1. The zero-order valence-corrected chi connectivity index (χ0v) is 17.3. The second-order valence-corrected chi connectivity index (χ2v) is 8.30. The topological polar surface area (TPSA) is 119 Å². The number of hydrogen-bond donors (Lipinski definition) is 1. The van der Waals surface area contributed by atoms with E-state index in [1.54, 1.807) is 4.90 Å². The Bertz CT molecular complexity index is 813. The van der Waals surface area contributed by atoms with Crippen molar-refractivity contribution in [2.24, 2.45) is 11.3 Å². The number of carbonyl (C=O) groups excluding carboxylic acids is 3. The van der Waals surface area contributed by atoms with Crippen LogP contribution in [-0.2, 0) is 19.1 Å². The molecule has 1 aromatic rings. The first kappa shape index (κ1) is 22.6. The number of anilines is 1. The van der Waals surface area contributed by atoms with Crippen molar-refractivity contribution < 1.29 is 24.0 Å². The summed E-state index contributed by atoms with van der Waals surface area (Å²) in [5, 5.41) is 13.2.